The molecular weight excluding hydrogens is 290 g/mol. The van der Waals surface area contributed by atoms with Crippen molar-refractivity contribution in [1.29, 1.82) is 0 Å². The van der Waals surface area contributed by atoms with Crippen LogP contribution in [-0.2, 0) is 19.4 Å². The Morgan fingerprint density at radius 3 is 2.52 bits per heavy atom. The third-order valence-electron chi connectivity index (χ3n) is 3.88. The minimum absolute atomic E-state index is 0.0842. The number of anilines is 1. The Balaban J connectivity index is 2.26. The number of ether oxygens (including phenoxy) is 1. The number of methoxy groups -OCH3 is 1. The van der Waals surface area contributed by atoms with Gasteiger partial charge in [0.05, 0.1) is 17.8 Å². The van der Waals surface area contributed by atoms with E-state index in [-0.39, 0.29) is 17.8 Å². The Morgan fingerprint density at radius 1 is 1.29 bits per heavy atom. The lowest BCUT2D eigenvalue weighted by molar-refractivity contribution is -0.142. The SMILES string of the molecule is CCS(=O)(=O)c1ccc(N2CCCCC2C(=O)OC)cc1. The van der Waals surface area contributed by atoms with Crippen LogP contribution in [0.25, 0.3) is 0 Å². The van der Waals surface area contributed by atoms with Gasteiger partial charge in [-0.25, -0.2) is 13.2 Å². The van der Waals surface area contributed by atoms with Crippen molar-refractivity contribution in [3.05, 3.63) is 24.3 Å². The van der Waals surface area contributed by atoms with E-state index in [4.69, 9.17) is 4.74 Å². The largest absolute Gasteiger partial charge is 0.467 e. The van der Waals surface area contributed by atoms with Crippen LogP contribution in [0.5, 0.6) is 0 Å². The van der Waals surface area contributed by atoms with E-state index in [1.807, 2.05) is 4.90 Å². The summed E-state index contributed by atoms with van der Waals surface area (Å²) in [7, 11) is -1.80. The zero-order chi connectivity index (χ0) is 15.5. The van der Waals surface area contributed by atoms with Gasteiger partial charge in [-0.15, -0.1) is 0 Å². The highest BCUT2D eigenvalue weighted by atomic mass is 32.2. The van der Waals surface area contributed by atoms with E-state index >= 15 is 0 Å². The molecule has 0 N–H and O–H groups in total. The maximum absolute atomic E-state index is 11.9. The van der Waals surface area contributed by atoms with E-state index < -0.39 is 9.84 Å². The second-order valence-electron chi connectivity index (χ2n) is 5.13. The van der Waals surface area contributed by atoms with E-state index in [0.29, 0.717) is 4.90 Å². The third-order valence-corrected chi connectivity index (χ3v) is 5.63. The van der Waals surface area contributed by atoms with Crippen molar-refractivity contribution in [3.63, 3.8) is 0 Å². The molecule has 1 saturated heterocycles. The smallest absolute Gasteiger partial charge is 0.328 e. The first-order valence-electron chi connectivity index (χ1n) is 7.17. The molecule has 2 rings (SSSR count). The highest BCUT2D eigenvalue weighted by Crippen LogP contribution is 2.26. The highest BCUT2D eigenvalue weighted by molar-refractivity contribution is 7.91. The minimum Gasteiger partial charge on any atom is -0.467 e. The minimum atomic E-state index is -3.19. The van der Waals surface area contributed by atoms with Crippen LogP contribution in [0.3, 0.4) is 0 Å². The molecule has 0 saturated carbocycles. The second-order valence-corrected chi connectivity index (χ2v) is 7.40. The van der Waals surface area contributed by atoms with Crippen molar-refractivity contribution in [2.24, 2.45) is 0 Å². The number of carbonyl (C=O) groups excluding carboxylic acids is 1. The third kappa shape index (κ3) is 3.37. The Kier molecular flexibility index (Phi) is 4.88. The molecule has 1 aromatic carbocycles. The highest BCUT2D eigenvalue weighted by Gasteiger charge is 2.29. The first-order chi connectivity index (χ1) is 9.99. The summed E-state index contributed by atoms with van der Waals surface area (Å²) >= 11 is 0. The number of nitrogens with zero attached hydrogens (tertiary/aromatic N) is 1. The van der Waals surface area contributed by atoms with Gasteiger partial charge in [0, 0.05) is 12.2 Å². The van der Waals surface area contributed by atoms with Crippen LogP contribution < -0.4 is 4.90 Å². The van der Waals surface area contributed by atoms with Gasteiger partial charge in [-0.3, -0.25) is 0 Å². The van der Waals surface area contributed by atoms with Crippen LogP contribution in [0.1, 0.15) is 26.2 Å². The van der Waals surface area contributed by atoms with Gasteiger partial charge in [-0.1, -0.05) is 6.92 Å². The van der Waals surface area contributed by atoms with Crippen molar-refractivity contribution in [2.45, 2.75) is 37.1 Å². The summed E-state index contributed by atoms with van der Waals surface area (Å²) in [6.45, 7) is 2.40. The molecule has 0 radical (unpaired) electrons. The fourth-order valence-corrected chi connectivity index (χ4v) is 3.52. The summed E-state index contributed by atoms with van der Waals surface area (Å²) in [6.07, 6.45) is 2.78. The number of benzene rings is 1. The Labute approximate surface area is 125 Å². The molecule has 0 aromatic heterocycles. The van der Waals surface area contributed by atoms with Crippen molar-refractivity contribution in [3.8, 4) is 0 Å². The molecule has 6 heteroatoms. The van der Waals surface area contributed by atoms with Gasteiger partial charge >= 0.3 is 5.97 Å². The molecule has 1 fully saturated rings. The van der Waals surface area contributed by atoms with Gasteiger partial charge in [-0.05, 0) is 43.5 Å². The van der Waals surface area contributed by atoms with E-state index in [2.05, 4.69) is 0 Å². The van der Waals surface area contributed by atoms with Gasteiger partial charge in [0.1, 0.15) is 6.04 Å². The number of rotatable bonds is 4. The summed E-state index contributed by atoms with van der Waals surface area (Å²) < 4.78 is 28.5. The normalized spacial score (nSPS) is 19.3. The van der Waals surface area contributed by atoms with Gasteiger partial charge in [0.15, 0.2) is 9.84 Å². The van der Waals surface area contributed by atoms with Crippen LogP contribution in [0, 0.1) is 0 Å². The molecule has 1 aromatic rings. The lowest BCUT2D eigenvalue weighted by Gasteiger charge is -2.35. The van der Waals surface area contributed by atoms with Crippen molar-refractivity contribution in [1.82, 2.24) is 0 Å². The standard InChI is InChI=1S/C15H21NO4S/c1-3-21(18,19)13-9-7-12(8-10-13)16-11-5-4-6-14(16)15(17)20-2/h7-10,14H,3-6,11H2,1-2H3. The number of sulfone groups is 1. The van der Waals surface area contributed by atoms with Crippen LogP contribution in [0.4, 0.5) is 5.69 Å². The van der Waals surface area contributed by atoms with Crippen molar-refractivity contribution >= 4 is 21.5 Å². The molecule has 1 heterocycles. The average molecular weight is 311 g/mol. The van der Waals surface area contributed by atoms with Crippen LogP contribution >= 0.6 is 0 Å². The molecule has 1 atom stereocenters. The fourth-order valence-electron chi connectivity index (χ4n) is 2.63. The Hall–Kier alpha value is -1.56. The van der Waals surface area contributed by atoms with Crippen molar-refractivity contribution < 1.29 is 17.9 Å². The average Bonchev–Trinajstić information content (AvgIpc) is 2.54. The Morgan fingerprint density at radius 2 is 1.95 bits per heavy atom. The predicted octanol–water partition coefficient (Wildman–Crippen LogP) is 2.01. The zero-order valence-electron chi connectivity index (χ0n) is 12.4. The summed E-state index contributed by atoms with van der Waals surface area (Å²) in [6, 6.07) is 6.47. The number of hydrogen-bond acceptors (Lipinski definition) is 5. The number of esters is 1. The summed E-state index contributed by atoms with van der Waals surface area (Å²) in [5.74, 6) is -0.152. The fraction of sp³-hybridized carbons (Fsp3) is 0.533. The summed E-state index contributed by atoms with van der Waals surface area (Å²) in [5.41, 5.74) is 0.861. The van der Waals surface area contributed by atoms with Gasteiger partial charge in [0.25, 0.3) is 0 Å². The molecule has 1 aliphatic rings. The van der Waals surface area contributed by atoms with Crippen LogP contribution in [-0.4, -0.2) is 39.8 Å². The molecule has 0 amide bonds. The molecule has 0 aliphatic carbocycles. The van der Waals surface area contributed by atoms with Gasteiger partial charge in [0.2, 0.25) is 0 Å². The molecule has 1 aliphatic heterocycles. The number of hydrogen-bond donors (Lipinski definition) is 0. The molecule has 5 nitrogen and oxygen atoms in total. The Bertz CT molecular complexity index is 595. The lowest BCUT2D eigenvalue weighted by Crippen LogP contribution is -2.45. The van der Waals surface area contributed by atoms with E-state index in [9.17, 15) is 13.2 Å². The molecule has 116 valence electrons. The quantitative estimate of drug-likeness (QED) is 0.796. The topological polar surface area (TPSA) is 63.7 Å². The molecule has 0 bridgehead atoms. The van der Waals surface area contributed by atoms with E-state index in [1.165, 1.54) is 7.11 Å². The van der Waals surface area contributed by atoms with E-state index in [0.717, 1.165) is 31.5 Å². The summed E-state index contributed by atoms with van der Waals surface area (Å²) in [5, 5.41) is 0. The molecule has 0 spiro atoms. The molecule has 21 heavy (non-hydrogen) atoms. The van der Waals surface area contributed by atoms with Crippen LogP contribution in [0.2, 0.25) is 0 Å². The molecular formula is C15H21NO4S. The lowest BCUT2D eigenvalue weighted by atomic mass is 10.0. The van der Waals surface area contributed by atoms with E-state index in [1.54, 1.807) is 31.2 Å². The maximum Gasteiger partial charge on any atom is 0.328 e. The first-order valence-corrected chi connectivity index (χ1v) is 8.82. The maximum atomic E-state index is 11.9. The van der Waals surface area contributed by atoms with Gasteiger partial charge < -0.3 is 9.64 Å². The summed E-state index contributed by atoms with van der Waals surface area (Å²) in [4.78, 5) is 14.2. The van der Waals surface area contributed by atoms with Crippen molar-refractivity contribution in [2.75, 3.05) is 24.3 Å². The van der Waals surface area contributed by atoms with Crippen LogP contribution in [0.15, 0.2) is 29.2 Å². The first kappa shape index (κ1) is 15.8. The number of carbonyl (C=O) groups is 1. The predicted molar refractivity (Wildman–Crippen MR) is 81.2 cm³/mol. The zero-order valence-corrected chi connectivity index (χ0v) is 13.2. The monoisotopic (exact) mass is 311 g/mol. The second kappa shape index (κ2) is 6.47. The van der Waals surface area contributed by atoms with Gasteiger partial charge in [-0.2, -0.15) is 0 Å². The molecule has 1 unspecified atom stereocenters. The number of piperidine rings is 1.